The highest BCUT2D eigenvalue weighted by Crippen LogP contribution is 2.34. The standard InChI is InChI=1S/C29H29ClFN3O/c1-20(21-10-13-32-14-11-21)18-34-27-9-6-23(30)17-25(27)26-19-33(16-12-28(26)34)15-2-3-29(35)22-4-7-24(31)8-5-22/h4-11,13-14,17-18,29,35H,2-3,12,15-16,19H2,1H3/b20-18+. The number of pyridine rings is 1. The van der Waals surface area contributed by atoms with E-state index < -0.39 is 6.10 Å². The van der Waals surface area contributed by atoms with Gasteiger partial charge in [-0.1, -0.05) is 23.7 Å². The number of aliphatic hydroxyl groups excluding tert-OH is 1. The van der Waals surface area contributed by atoms with Gasteiger partial charge in [-0.05, 0) is 91.0 Å². The molecule has 0 aliphatic carbocycles. The summed E-state index contributed by atoms with van der Waals surface area (Å²) in [6.45, 7) is 4.85. The van der Waals surface area contributed by atoms with E-state index in [1.54, 1.807) is 12.1 Å². The lowest BCUT2D eigenvalue weighted by atomic mass is 10.0. The first kappa shape index (κ1) is 23.7. The molecule has 2 aromatic carbocycles. The van der Waals surface area contributed by atoms with Gasteiger partial charge in [-0.3, -0.25) is 9.88 Å². The number of fused-ring (bicyclic) bond motifs is 3. The molecule has 4 nitrogen and oxygen atoms in total. The molecule has 180 valence electrons. The van der Waals surface area contributed by atoms with Crippen LogP contribution in [0.3, 0.4) is 0 Å². The summed E-state index contributed by atoms with van der Waals surface area (Å²) in [4.78, 5) is 6.58. The third kappa shape index (κ3) is 5.18. The molecule has 0 fully saturated rings. The zero-order chi connectivity index (χ0) is 24.4. The Morgan fingerprint density at radius 3 is 2.69 bits per heavy atom. The Morgan fingerprint density at radius 1 is 1.14 bits per heavy atom. The SMILES string of the molecule is C/C(=C\n1c2c(c3cc(Cl)ccc31)CN(CCCC(O)c1ccc(F)cc1)CC2)c1ccncc1. The van der Waals surface area contributed by atoms with Crippen LogP contribution in [-0.2, 0) is 13.0 Å². The molecular formula is C29H29ClFN3O. The van der Waals surface area contributed by atoms with Gasteiger partial charge in [-0.25, -0.2) is 4.39 Å². The monoisotopic (exact) mass is 489 g/mol. The number of hydrogen-bond acceptors (Lipinski definition) is 3. The lowest BCUT2D eigenvalue weighted by molar-refractivity contribution is 0.153. The van der Waals surface area contributed by atoms with E-state index in [0.29, 0.717) is 6.42 Å². The van der Waals surface area contributed by atoms with Crippen LogP contribution in [0, 0.1) is 5.82 Å². The van der Waals surface area contributed by atoms with Crippen LogP contribution < -0.4 is 0 Å². The molecule has 0 saturated carbocycles. The van der Waals surface area contributed by atoms with Crippen LogP contribution in [0.4, 0.5) is 4.39 Å². The Bertz CT molecular complexity index is 1350. The third-order valence-electron chi connectivity index (χ3n) is 6.89. The Balaban J connectivity index is 1.35. The van der Waals surface area contributed by atoms with Gasteiger partial charge in [0.05, 0.1) is 11.6 Å². The van der Waals surface area contributed by atoms with Crippen molar-refractivity contribution in [2.24, 2.45) is 0 Å². The van der Waals surface area contributed by atoms with Crippen LogP contribution in [0.15, 0.2) is 67.0 Å². The Morgan fingerprint density at radius 2 is 1.91 bits per heavy atom. The second-order valence-corrected chi connectivity index (χ2v) is 9.68. The van der Waals surface area contributed by atoms with Gasteiger partial charge >= 0.3 is 0 Å². The first-order chi connectivity index (χ1) is 17.0. The highest BCUT2D eigenvalue weighted by atomic mass is 35.5. The Labute approximate surface area is 210 Å². The fourth-order valence-electron chi connectivity index (χ4n) is 5.00. The fourth-order valence-corrected chi connectivity index (χ4v) is 5.17. The molecule has 3 heterocycles. The molecule has 0 saturated heterocycles. The fraction of sp³-hybridized carbons (Fsp3) is 0.276. The molecule has 0 radical (unpaired) electrons. The highest BCUT2D eigenvalue weighted by Gasteiger charge is 2.24. The predicted octanol–water partition coefficient (Wildman–Crippen LogP) is 6.72. The molecule has 1 N–H and O–H groups in total. The van der Waals surface area contributed by atoms with Gasteiger partial charge in [0.15, 0.2) is 0 Å². The van der Waals surface area contributed by atoms with Crippen LogP contribution in [0.25, 0.3) is 22.7 Å². The van der Waals surface area contributed by atoms with Gasteiger partial charge in [-0.15, -0.1) is 0 Å². The summed E-state index contributed by atoms with van der Waals surface area (Å²) in [7, 11) is 0. The van der Waals surface area contributed by atoms with E-state index >= 15 is 0 Å². The average Bonchev–Trinajstić information content (AvgIpc) is 3.17. The predicted molar refractivity (Wildman–Crippen MR) is 141 cm³/mol. The number of halogens is 2. The number of hydrogen-bond donors (Lipinski definition) is 1. The molecule has 2 aromatic heterocycles. The summed E-state index contributed by atoms with van der Waals surface area (Å²) in [6.07, 6.45) is 7.76. The van der Waals surface area contributed by atoms with Crippen LogP contribution in [0.5, 0.6) is 0 Å². The quantitative estimate of drug-likeness (QED) is 0.313. The van der Waals surface area contributed by atoms with Crippen molar-refractivity contribution >= 4 is 34.3 Å². The molecule has 4 aromatic rings. The van der Waals surface area contributed by atoms with Crippen molar-refractivity contribution in [1.29, 1.82) is 0 Å². The number of rotatable bonds is 7. The van der Waals surface area contributed by atoms with E-state index in [0.717, 1.165) is 48.6 Å². The molecular weight excluding hydrogens is 461 g/mol. The maximum absolute atomic E-state index is 13.2. The second kappa shape index (κ2) is 10.3. The molecule has 0 spiro atoms. The minimum Gasteiger partial charge on any atom is -0.388 e. The molecule has 1 atom stereocenters. The molecule has 35 heavy (non-hydrogen) atoms. The van der Waals surface area contributed by atoms with Crippen molar-refractivity contribution < 1.29 is 9.50 Å². The maximum atomic E-state index is 13.2. The van der Waals surface area contributed by atoms with E-state index in [1.807, 2.05) is 30.6 Å². The summed E-state index contributed by atoms with van der Waals surface area (Å²) < 4.78 is 15.5. The molecule has 6 heteroatoms. The summed E-state index contributed by atoms with van der Waals surface area (Å²) in [5, 5.41) is 12.4. The molecule has 1 aliphatic rings. The van der Waals surface area contributed by atoms with Gasteiger partial charge in [0.1, 0.15) is 5.82 Å². The van der Waals surface area contributed by atoms with Crippen molar-refractivity contribution in [3.63, 3.8) is 0 Å². The molecule has 0 bridgehead atoms. The molecule has 5 rings (SSSR count). The number of benzene rings is 2. The average molecular weight is 490 g/mol. The minimum atomic E-state index is -0.571. The van der Waals surface area contributed by atoms with Gasteiger partial charge in [0.2, 0.25) is 0 Å². The summed E-state index contributed by atoms with van der Waals surface area (Å²) in [5.41, 5.74) is 6.92. The van der Waals surface area contributed by atoms with E-state index in [2.05, 4.69) is 39.7 Å². The largest absolute Gasteiger partial charge is 0.388 e. The minimum absolute atomic E-state index is 0.282. The Hall–Kier alpha value is -2.99. The van der Waals surface area contributed by atoms with Crippen molar-refractivity contribution in [1.82, 2.24) is 14.5 Å². The van der Waals surface area contributed by atoms with Crippen LogP contribution in [0.1, 0.15) is 48.3 Å². The number of aromatic nitrogens is 2. The second-order valence-electron chi connectivity index (χ2n) is 9.24. The molecule has 0 amide bonds. The number of allylic oxidation sites excluding steroid dienone is 1. The van der Waals surface area contributed by atoms with E-state index in [4.69, 9.17) is 11.6 Å². The van der Waals surface area contributed by atoms with Crippen LogP contribution in [-0.4, -0.2) is 32.6 Å². The molecule has 1 unspecified atom stereocenters. The van der Waals surface area contributed by atoms with E-state index in [-0.39, 0.29) is 5.82 Å². The van der Waals surface area contributed by atoms with E-state index in [1.165, 1.54) is 39.9 Å². The normalized spacial score (nSPS) is 15.4. The zero-order valence-electron chi connectivity index (χ0n) is 19.8. The first-order valence-electron chi connectivity index (χ1n) is 12.1. The van der Waals surface area contributed by atoms with Crippen LogP contribution >= 0.6 is 11.6 Å². The van der Waals surface area contributed by atoms with Gasteiger partial charge in [0.25, 0.3) is 0 Å². The lowest BCUT2D eigenvalue weighted by Gasteiger charge is -2.28. The first-order valence-corrected chi connectivity index (χ1v) is 12.4. The summed E-state index contributed by atoms with van der Waals surface area (Å²) in [6, 6.07) is 16.3. The number of nitrogens with zero attached hydrogens (tertiary/aromatic N) is 3. The lowest BCUT2D eigenvalue weighted by Crippen LogP contribution is -2.31. The van der Waals surface area contributed by atoms with Gasteiger partial charge in [0, 0.05) is 54.2 Å². The highest BCUT2D eigenvalue weighted by molar-refractivity contribution is 6.31. The summed E-state index contributed by atoms with van der Waals surface area (Å²) in [5.74, 6) is -0.282. The topological polar surface area (TPSA) is 41.3 Å². The van der Waals surface area contributed by atoms with Crippen molar-refractivity contribution in [3.05, 3.63) is 100 Å². The number of aliphatic hydroxyl groups is 1. The smallest absolute Gasteiger partial charge is 0.123 e. The third-order valence-corrected chi connectivity index (χ3v) is 7.13. The van der Waals surface area contributed by atoms with Gasteiger partial charge < -0.3 is 9.67 Å². The van der Waals surface area contributed by atoms with Crippen molar-refractivity contribution in [2.75, 3.05) is 13.1 Å². The Kier molecular flexibility index (Phi) is 7.00. The van der Waals surface area contributed by atoms with E-state index in [9.17, 15) is 9.50 Å². The van der Waals surface area contributed by atoms with Crippen molar-refractivity contribution in [3.8, 4) is 0 Å². The zero-order valence-corrected chi connectivity index (χ0v) is 20.5. The maximum Gasteiger partial charge on any atom is 0.123 e. The molecule has 1 aliphatic heterocycles. The summed E-state index contributed by atoms with van der Waals surface area (Å²) >= 11 is 6.40. The van der Waals surface area contributed by atoms with Crippen LogP contribution in [0.2, 0.25) is 5.02 Å². The van der Waals surface area contributed by atoms with Gasteiger partial charge in [-0.2, -0.15) is 0 Å². The van der Waals surface area contributed by atoms with Crippen molar-refractivity contribution in [2.45, 2.75) is 38.8 Å².